The van der Waals surface area contributed by atoms with Crippen LogP contribution in [0, 0.1) is 11.8 Å². The molecule has 3 rings (SSSR count). The zero-order valence-electron chi connectivity index (χ0n) is 11.8. The third kappa shape index (κ3) is 1.98. The fourth-order valence-corrected chi connectivity index (χ4v) is 4.51. The van der Waals surface area contributed by atoms with Gasteiger partial charge in [-0.25, -0.2) is 0 Å². The van der Waals surface area contributed by atoms with E-state index in [2.05, 4.69) is 0 Å². The van der Waals surface area contributed by atoms with Gasteiger partial charge >= 0.3 is 0 Å². The molecule has 0 aromatic heterocycles. The SMILES string of the molecule is NC(=S)C1(N2C(=O)C3CCC(C3)C2=O)CCCCCC1. The summed E-state index contributed by atoms with van der Waals surface area (Å²) in [6.07, 6.45) is 8.17. The van der Waals surface area contributed by atoms with Gasteiger partial charge < -0.3 is 5.73 Å². The van der Waals surface area contributed by atoms with E-state index >= 15 is 0 Å². The van der Waals surface area contributed by atoms with E-state index in [9.17, 15) is 9.59 Å². The summed E-state index contributed by atoms with van der Waals surface area (Å²) in [5.41, 5.74) is 5.34. The molecule has 1 aliphatic heterocycles. The highest BCUT2D eigenvalue weighted by molar-refractivity contribution is 7.80. The highest BCUT2D eigenvalue weighted by Gasteiger charge is 2.54. The lowest BCUT2D eigenvalue weighted by molar-refractivity contribution is -0.158. The van der Waals surface area contributed by atoms with E-state index in [4.69, 9.17) is 18.0 Å². The lowest BCUT2D eigenvalue weighted by atomic mass is 9.83. The Morgan fingerprint density at radius 2 is 1.55 bits per heavy atom. The number of imide groups is 1. The molecule has 2 atom stereocenters. The Kier molecular flexibility index (Phi) is 3.56. The number of hydrogen-bond donors (Lipinski definition) is 1. The quantitative estimate of drug-likeness (QED) is 0.481. The monoisotopic (exact) mass is 294 g/mol. The average molecular weight is 294 g/mol. The van der Waals surface area contributed by atoms with Gasteiger partial charge in [-0.3, -0.25) is 14.5 Å². The highest BCUT2D eigenvalue weighted by Crippen LogP contribution is 2.44. The Morgan fingerprint density at radius 1 is 1.05 bits per heavy atom. The van der Waals surface area contributed by atoms with Crippen LogP contribution in [-0.2, 0) is 9.59 Å². The van der Waals surface area contributed by atoms with Crippen molar-refractivity contribution in [3.05, 3.63) is 0 Å². The Labute approximate surface area is 125 Å². The van der Waals surface area contributed by atoms with Crippen LogP contribution in [0.2, 0.25) is 0 Å². The predicted octanol–water partition coefficient (Wildman–Crippen LogP) is 2.15. The number of carbonyl (C=O) groups is 2. The van der Waals surface area contributed by atoms with Crippen molar-refractivity contribution in [3.8, 4) is 0 Å². The first-order chi connectivity index (χ1) is 9.56. The second-order valence-electron chi connectivity index (χ2n) is 6.53. The summed E-state index contributed by atoms with van der Waals surface area (Å²) in [6.45, 7) is 0. The zero-order chi connectivity index (χ0) is 14.3. The molecule has 0 spiro atoms. The van der Waals surface area contributed by atoms with Crippen LogP contribution in [0.5, 0.6) is 0 Å². The molecule has 4 nitrogen and oxygen atoms in total. The summed E-state index contributed by atoms with van der Waals surface area (Å²) in [7, 11) is 0. The Hall–Kier alpha value is -0.970. The van der Waals surface area contributed by atoms with E-state index in [1.807, 2.05) is 0 Å². The van der Waals surface area contributed by atoms with Crippen LogP contribution in [0.3, 0.4) is 0 Å². The summed E-state index contributed by atoms with van der Waals surface area (Å²) in [4.78, 5) is 27.3. The first-order valence-corrected chi connectivity index (χ1v) is 8.15. The largest absolute Gasteiger partial charge is 0.391 e. The first kappa shape index (κ1) is 14.0. The predicted molar refractivity (Wildman–Crippen MR) is 79.9 cm³/mol. The van der Waals surface area contributed by atoms with E-state index in [0.717, 1.165) is 57.8 Å². The number of nitrogens with zero attached hydrogens (tertiary/aromatic N) is 1. The molecule has 20 heavy (non-hydrogen) atoms. The van der Waals surface area contributed by atoms with Crippen molar-refractivity contribution in [2.75, 3.05) is 0 Å². The van der Waals surface area contributed by atoms with E-state index in [-0.39, 0.29) is 23.7 Å². The maximum atomic E-state index is 12.7. The molecule has 2 amide bonds. The van der Waals surface area contributed by atoms with Crippen molar-refractivity contribution in [1.29, 1.82) is 0 Å². The van der Waals surface area contributed by atoms with Crippen LogP contribution < -0.4 is 5.73 Å². The average Bonchev–Trinajstić information content (AvgIpc) is 2.72. The first-order valence-electron chi connectivity index (χ1n) is 7.74. The van der Waals surface area contributed by atoms with Crippen molar-refractivity contribution in [2.45, 2.75) is 63.3 Å². The van der Waals surface area contributed by atoms with Crippen LogP contribution in [-0.4, -0.2) is 27.2 Å². The molecule has 110 valence electrons. The van der Waals surface area contributed by atoms with Gasteiger partial charge in [0, 0.05) is 11.8 Å². The Bertz CT molecular complexity index is 433. The van der Waals surface area contributed by atoms with Gasteiger partial charge in [0.05, 0.1) is 4.99 Å². The van der Waals surface area contributed by atoms with Crippen LogP contribution >= 0.6 is 12.2 Å². The van der Waals surface area contributed by atoms with Crippen LogP contribution in [0.15, 0.2) is 0 Å². The van der Waals surface area contributed by atoms with E-state index in [1.54, 1.807) is 0 Å². The van der Waals surface area contributed by atoms with Crippen molar-refractivity contribution in [3.63, 3.8) is 0 Å². The molecule has 2 saturated carbocycles. The number of amides is 2. The van der Waals surface area contributed by atoms with Gasteiger partial charge in [0.15, 0.2) is 0 Å². The molecule has 2 unspecified atom stereocenters. The summed E-state index contributed by atoms with van der Waals surface area (Å²) < 4.78 is 0. The lowest BCUT2D eigenvalue weighted by Crippen LogP contribution is -2.64. The molecule has 2 bridgehead atoms. The third-order valence-corrected chi connectivity index (χ3v) is 5.77. The Balaban J connectivity index is 1.99. The van der Waals surface area contributed by atoms with Crippen LogP contribution in [0.25, 0.3) is 0 Å². The van der Waals surface area contributed by atoms with Crippen LogP contribution in [0.4, 0.5) is 0 Å². The van der Waals surface area contributed by atoms with Crippen molar-refractivity contribution in [2.24, 2.45) is 17.6 Å². The van der Waals surface area contributed by atoms with E-state index < -0.39 is 5.54 Å². The van der Waals surface area contributed by atoms with Gasteiger partial charge in [-0.05, 0) is 32.1 Å². The topological polar surface area (TPSA) is 63.4 Å². The Morgan fingerprint density at radius 3 is 2.00 bits per heavy atom. The number of fused-ring (bicyclic) bond motifs is 2. The number of likely N-dealkylation sites (tertiary alicyclic amines) is 1. The smallest absolute Gasteiger partial charge is 0.233 e. The summed E-state index contributed by atoms with van der Waals surface area (Å²) in [6, 6.07) is 0. The number of hydrogen-bond acceptors (Lipinski definition) is 3. The van der Waals surface area contributed by atoms with Gasteiger partial charge in [0.2, 0.25) is 11.8 Å². The maximum Gasteiger partial charge on any atom is 0.233 e. The van der Waals surface area contributed by atoms with Gasteiger partial charge in [-0.15, -0.1) is 0 Å². The molecule has 0 radical (unpaired) electrons. The minimum Gasteiger partial charge on any atom is -0.391 e. The fourth-order valence-electron chi connectivity index (χ4n) is 4.22. The molecule has 3 aliphatic rings. The number of nitrogens with two attached hydrogens (primary N) is 1. The maximum absolute atomic E-state index is 12.7. The lowest BCUT2D eigenvalue weighted by Gasteiger charge is -2.45. The standard InChI is InChI=1S/C15H22N2O2S/c16-14(20)15(7-3-1-2-4-8-15)17-12(18)10-5-6-11(9-10)13(17)19/h10-11H,1-9H2,(H2,16,20). The van der Waals surface area contributed by atoms with Gasteiger partial charge in [0.25, 0.3) is 0 Å². The molecule has 0 aromatic rings. The highest BCUT2D eigenvalue weighted by atomic mass is 32.1. The van der Waals surface area contributed by atoms with Gasteiger partial charge in [0.1, 0.15) is 5.54 Å². The van der Waals surface area contributed by atoms with Crippen molar-refractivity contribution >= 4 is 29.0 Å². The molecule has 3 fully saturated rings. The molecule has 1 heterocycles. The van der Waals surface area contributed by atoms with Gasteiger partial charge in [-0.1, -0.05) is 37.9 Å². The third-order valence-electron chi connectivity index (χ3n) is 5.39. The van der Waals surface area contributed by atoms with Gasteiger partial charge in [-0.2, -0.15) is 0 Å². The second kappa shape index (κ2) is 5.10. The number of piperidine rings is 1. The zero-order valence-corrected chi connectivity index (χ0v) is 12.6. The summed E-state index contributed by atoms with van der Waals surface area (Å²) >= 11 is 5.30. The normalized spacial score (nSPS) is 33.1. The fraction of sp³-hybridized carbons (Fsp3) is 0.800. The molecular weight excluding hydrogens is 272 g/mol. The molecule has 1 saturated heterocycles. The summed E-state index contributed by atoms with van der Waals surface area (Å²) in [5.74, 6) is 0.0104. The van der Waals surface area contributed by atoms with Crippen LogP contribution in [0.1, 0.15) is 57.8 Å². The van der Waals surface area contributed by atoms with E-state index in [1.165, 1.54) is 4.90 Å². The molecular formula is C15H22N2O2S. The minimum atomic E-state index is -0.679. The van der Waals surface area contributed by atoms with Crippen molar-refractivity contribution < 1.29 is 9.59 Å². The summed E-state index contributed by atoms with van der Waals surface area (Å²) in [5, 5.41) is 0. The number of carbonyl (C=O) groups excluding carboxylic acids is 2. The molecule has 0 aromatic carbocycles. The second-order valence-corrected chi connectivity index (χ2v) is 6.97. The molecule has 5 heteroatoms. The van der Waals surface area contributed by atoms with E-state index in [0.29, 0.717) is 4.99 Å². The number of thiocarbonyl (C=S) groups is 1. The molecule has 2 N–H and O–H groups in total. The van der Waals surface area contributed by atoms with Crippen molar-refractivity contribution in [1.82, 2.24) is 4.90 Å². The molecule has 2 aliphatic carbocycles. The minimum absolute atomic E-state index is 0.0153. The number of rotatable bonds is 2.